The molecular formula is C11H14O2. The Kier molecular flexibility index (Phi) is 2.71. The van der Waals surface area contributed by atoms with E-state index in [4.69, 9.17) is 4.42 Å². The third-order valence-electron chi connectivity index (χ3n) is 1.80. The summed E-state index contributed by atoms with van der Waals surface area (Å²) in [7, 11) is 0. The lowest BCUT2D eigenvalue weighted by Gasteiger charge is -1.96. The van der Waals surface area contributed by atoms with Gasteiger partial charge in [0.25, 0.3) is 0 Å². The number of hydrogen-bond donors (Lipinski definition) is 0. The van der Waals surface area contributed by atoms with Crippen molar-refractivity contribution in [2.75, 3.05) is 0 Å². The van der Waals surface area contributed by atoms with E-state index in [9.17, 15) is 4.79 Å². The summed E-state index contributed by atoms with van der Waals surface area (Å²) in [4.78, 5) is 11.6. The summed E-state index contributed by atoms with van der Waals surface area (Å²) < 4.78 is 5.27. The van der Waals surface area contributed by atoms with Gasteiger partial charge in [0.05, 0.1) is 5.56 Å². The number of hydrogen-bond acceptors (Lipinski definition) is 2. The molecule has 0 N–H and O–H groups in total. The fraction of sp³-hybridized carbons (Fsp3) is 0.364. The molecule has 1 aromatic heterocycles. The van der Waals surface area contributed by atoms with Gasteiger partial charge in [-0.25, -0.2) is 0 Å². The lowest BCUT2D eigenvalue weighted by molar-refractivity contribution is 0.0991. The second-order valence-corrected chi connectivity index (χ2v) is 3.38. The summed E-state index contributed by atoms with van der Waals surface area (Å²) in [6.07, 6.45) is 0.403. The Hall–Kier alpha value is -1.31. The minimum atomic E-state index is 0.0850. The molecule has 0 saturated heterocycles. The van der Waals surface area contributed by atoms with Crippen LogP contribution in [0.2, 0.25) is 0 Å². The van der Waals surface area contributed by atoms with E-state index in [-0.39, 0.29) is 5.78 Å². The van der Waals surface area contributed by atoms with Crippen LogP contribution in [0.3, 0.4) is 0 Å². The molecule has 0 spiro atoms. The van der Waals surface area contributed by atoms with E-state index < -0.39 is 0 Å². The molecule has 13 heavy (non-hydrogen) atoms. The number of furan rings is 1. The van der Waals surface area contributed by atoms with Crippen LogP contribution in [0.25, 0.3) is 0 Å². The highest BCUT2D eigenvalue weighted by Crippen LogP contribution is 2.16. The number of aryl methyl sites for hydroxylation is 2. The Balaban J connectivity index is 2.88. The minimum absolute atomic E-state index is 0.0850. The van der Waals surface area contributed by atoms with E-state index in [0.29, 0.717) is 17.7 Å². The fourth-order valence-corrected chi connectivity index (χ4v) is 1.28. The Labute approximate surface area is 78.3 Å². The lowest BCUT2D eigenvalue weighted by Crippen LogP contribution is -1.98. The van der Waals surface area contributed by atoms with Gasteiger partial charge < -0.3 is 4.42 Å². The van der Waals surface area contributed by atoms with Crippen LogP contribution in [0.15, 0.2) is 22.6 Å². The van der Waals surface area contributed by atoms with Gasteiger partial charge in [0.15, 0.2) is 5.78 Å². The van der Waals surface area contributed by atoms with E-state index in [1.807, 2.05) is 13.8 Å². The van der Waals surface area contributed by atoms with Crippen molar-refractivity contribution in [3.8, 4) is 0 Å². The predicted octanol–water partition coefficient (Wildman–Crippen LogP) is 3.05. The largest absolute Gasteiger partial charge is 0.466 e. The van der Waals surface area contributed by atoms with Gasteiger partial charge in [-0.2, -0.15) is 0 Å². The summed E-state index contributed by atoms with van der Waals surface area (Å²) in [5.41, 5.74) is 1.56. The Morgan fingerprint density at radius 2 is 2.15 bits per heavy atom. The van der Waals surface area contributed by atoms with Gasteiger partial charge in [-0.3, -0.25) is 4.79 Å². The maximum atomic E-state index is 11.6. The van der Waals surface area contributed by atoms with E-state index in [1.54, 1.807) is 13.0 Å². The van der Waals surface area contributed by atoms with Gasteiger partial charge in [-0.1, -0.05) is 12.2 Å². The zero-order valence-corrected chi connectivity index (χ0v) is 8.31. The molecule has 0 radical (unpaired) electrons. The summed E-state index contributed by atoms with van der Waals surface area (Å²) >= 11 is 0. The monoisotopic (exact) mass is 178 g/mol. The molecule has 0 amide bonds. The molecule has 0 aromatic carbocycles. The second-order valence-electron chi connectivity index (χ2n) is 3.38. The number of Topliss-reactive ketones (excluding diaryl/α,β-unsaturated/α-hetero) is 1. The molecule has 0 atom stereocenters. The van der Waals surface area contributed by atoms with Crippen molar-refractivity contribution in [3.63, 3.8) is 0 Å². The van der Waals surface area contributed by atoms with Gasteiger partial charge in [0.2, 0.25) is 0 Å². The van der Waals surface area contributed by atoms with Gasteiger partial charge in [0.1, 0.15) is 11.5 Å². The standard InChI is InChI=1S/C11H14O2/c1-7(2)5-11(12)10-6-8(3)13-9(10)4/h6H,1,5H2,2-4H3. The van der Waals surface area contributed by atoms with Gasteiger partial charge >= 0.3 is 0 Å². The SMILES string of the molecule is C=C(C)CC(=O)c1cc(C)oc1C. The zero-order chi connectivity index (χ0) is 10.0. The maximum absolute atomic E-state index is 11.6. The summed E-state index contributed by atoms with van der Waals surface area (Å²) in [6, 6.07) is 1.78. The molecule has 1 aromatic rings. The van der Waals surface area contributed by atoms with Crippen molar-refractivity contribution in [2.45, 2.75) is 27.2 Å². The Morgan fingerprint density at radius 1 is 1.54 bits per heavy atom. The molecule has 0 saturated carbocycles. The van der Waals surface area contributed by atoms with Gasteiger partial charge in [-0.05, 0) is 26.8 Å². The van der Waals surface area contributed by atoms with E-state index in [2.05, 4.69) is 6.58 Å². The number of carbonyl (C=O) groups is 1. The molecule has 1 rings (SSSR count). The van der Waals surface area contributed by atoms with Crippen LogP contribution in [0, 0.1) is 13.8 Å². The van der Waals surface area contributed by atoms with E-state index >= 15 is 0 Å². The van der Waals surface area contributed by atoms with Crippen molar-refractivity contribution in [1.29, 1.82) is 0 Å². The number of carbonyl (C=O) groups excluding carboxylic acids is 1. The van der Waals surface area contributed by atoms with Gasteiger partial charge in [-0.15, -0.1) is 0 Å². The van der Waals surface area contributed by atoms with Crippen LogP contribution >= 0.6 is 0 Å². The summed E-state index contributed by atoms with van der Waals surface area (Å²) in [5, 5.41) is 0. The first-order chi connectivity index (χ1) is 6.00. The molecule has 0 unspecified atom stereocenters. The highest BCUT2D eigenvalue weighted by atomic mass is 16.3. The second kappa shape index (κ2) is 3.60. The molecule has 0 fully saturated rings. The normalized spacial score (nSPS) is 10.1. The summed E-state index contributed by atoms with van der Waals surface area (Å²) in [5.74, 6) is 1.56. The van der Waals surface area contributed by atoms with Crippen LogP contribution in [-0.2, 0) is 0 Å². The van der Waals surface area contributed by atoms with Crippen molar-refractivity contribution in [3.05, 3.63) is 35.3 Å². The topological polar surface area (TPSA) is 30.2 Å². The quantitative estimate of drug-likeness (QED) is 0.526. The van der Waals surface area contributed by atoms with Crippen LogP contribution < -0.4 is 0 Å². The molecule has 1 heterocycles. The first-order valence-corrected chi connectivity index (χ1v) is 4.25. The van der Waals surface area contributed by atoms with Crippen molar-refractivity contribution in [2.24, 2.45) is 0 Å². The lowest BCUT2D eigenvalue weighted by atomic mass is 10.1. The van der Waals surface area contributed by atoms with E-state index in [1.165, 1.54) is 0 Å². The fourth-order valence-electron chi connectivity index (χ4n) is 1.28. The smallest absolute Gasteiger partial charge is 0.170 e. The van der Waals surface area contributed by atoms with Crippen LogP contribution in [0.1, 0.15) is 35.2 Å². The average molecular weight is 178 g/mol. The molecule has 2 heteroatoms. The van der Waals surface area contributed by atoms with E-state index in [0.717, 1.165) is 11.3 Å². The molecule has 0 aliphatic rings. The number of rotatable bonds is 3. The Morgan fingerprint density at radius 3 is 2.54 bits per heavy atom. The van der Waals surface area contributed by atoms with Crippen molar-refractivity contribution >= 4 is 5.78 Å². The van der Waals surface area contributed by atoms with Gasteiger partial charge in [0, 0.05) is 6.42 Å². The van der Waals surface area contributed by atoms with Crippen LogP contribution in [0.5, 0.6) is 0 Å². The molecule has 0 aliphatic carbocycles. The molecule has 0 aliphatic heterocycles. The van der Waals surface area contributed by atoms with Crippen molar-refractivity contribution in [1.82, 2.24) is 0 Å². The highest BCUT2D eigenvalue weighted by Gasteiger charge is 2.12. The van der Waals surface area contributed by atoms with Crippen LogP contribution in [-0.4, -0.2) is 5.78 Å². The average Bonchev–Trinajstić information content (AvgIpc) is 2.28. The summed E-state index contributed by atoms with van der Waals surface area (Å²) in [6.45, 7) is 9.20. The third-order valence-corrected chi connectivity index (χ3v) is 1.80. The molecule has 70 valence electrons. The number of ketones is 1. The third kappa shape index (κ3) is 2.31. The predicted molar refractivity (Wildman–Crippen MR) is 51.9 cm³/mol. The molecule has 2 nitrogen and oxygen atoms in total. The first-order valence-electron chi connectivity index (χ1n) is 4.25. The van der Waals surface area contributed by atoms with Crippen LogP contribution in [0.4, 0.5) is 0 Å². The first kappa shape index (κ1) is 9.78. The zero-order valence-electron chi connectivity index (χ0n) is 8.31. The number of allylic oxidation sites excluding steroid dienone is 1. The molecular weight excluding hydrogens is 164 g/mol. The molecule has 0 bridgehead atoms. The minimum Gasteiger partial charge on any atom is -0.466 e. The Bertz CT molecular complexity index is 345. The van der Waals surface area contributed by atoms with Crippen molar-refractivity contribution < 1.29 is 9.21 Å². The highest BCUT2D eigenvalue weighted by molar-refractivity contribution is 5.98. The maximum Gasteiger partial charge on any atom is 0.170 e.